The van der Waals surface area contributed by atoms with Gasteiger partial charge in [-0.05, 0) is 6.16 Å². The van der Waals surface area contributed by atoms with Crippen LogP contribution in [-0.2, 0) is 27.3 Å². The van der Waals surface area contributed by atoms with E-state index in [2.05, 4.69) is 0 Å². The molecule has 0 bridgehead atoms. The first-order chi connectivity index (χ1) is 1.73. The van der Waals surface area contributed by atoms with Gasteiger partial charge in [-0.25, -0.2) is 0 Å². The van der Waals surface area contributed by atoms with E-state index in [0.717, 1.165) is 0 Å². The van der Waals surface area contributed by atoms with Gasteiger partial charge in [0.1, 0.15) is 0 Å². The summed E-state index contributed by atoms with van der Waals surface area (Å²) in [5, 5.41) is 16.7. The van der Waals surface area contributed by atoms with E-state index >= 15 is 0 Å². The summed E-state index contributed by atoms with van der Waals surface area (Å²) in [6.07, 6.45) is -2.33. The predicted octanol–water partition coefficient (Wildman–Crippen LogP) is -3.37. The van der Waals surface area contributed by atoms with Crippen molar-refractivity contribution in [2.45, 2.75) is 0 Å². The standard InChI is InChI=1S/CH2O3.Cd.Pb.2H/c2-1(3)4;;;;/h(H2,2,3,4);;;;/q;+2;;;/p-2. The molecule has 0 aliphatic rings. The van der Waals surface area contributed by atoms with Crippen molar-refractivity contribution in [2.75, 3.05) is 0 Å². The van der Waals surface area contributed by atoms with Crippen LogP contribution < -0.4 is 10.2 Å². The molecule has 3 nitrogen and oxygen atoms in total. The van der Waals surface area contributed by atoms with Crippen molar-refractivity contribution in [1.82, 2.24) is 0 Å². The van der Waals surface area contributed by atoms with Gasteiger partial charge in [-0.1, -0.05) is 0 Å². The van der Waals surface area contributed by atoms with Crippen LogP contribution >= 0.6 is 0 Å². The molecule has 0 heterocycles. The van der Waals surface area contributed by atoms with Crippen LogP contribution in [0.5, 0.6) is 0 Å². The molecule has 0 aliphatic carbocycles. The van der Waals surface area contributed by atoms with E-state index in [4.69, 9.17) is 15.0 Å². The Morgan fingerprint density at radius 3 is 1.33 bits per heavy atom. The number of carbonyl (C=O) groups is 1. The van der Waals surface area contributed by atoms with Crippen LogP contribution in [0.25, 0.3) is 0 Å². The van der Waals surface area contributed by atoms with E-state index in [1.807, 2.05) is 0 Å². The zero-order valence-corrected chi connectivity index (χ0v) is 12.7. The SMILES string of the molecule is O=C([O-])[O-].[Cd+2].[PbH2]. The number of carboxylic acid groups (broad SMARTS) is 2. The summed E-state index contributed by atoms with van der Waals surface area (Å²) in [5.74, 6) is 0. The molecule has 0 fully saturated rings. The fourth-order valence-corrected chi connectivity index (χ4v) is 0. The van der Waals surface area contributed by atoms with Crippen molar-refractivity contribution in [3.63, 3.8) is 0 Å². The quantitative estimate of drug-likeness (QED) is 0.412. The van der Waals surface area contributed by atoms with Gasteiger partial charge in [0.15, 0.2) is 0 Å². The number of rotatable bonds is 0. The van der Waals surface area contributed by atoms with Gasteiger partial charge >= 0.3 is 54.6 Å². The Kier molecular flexibility index (Phi) is 24.7. The molecule has 0 saturated heterocycles. The second kappa shape index (κ2) is 9.45. The zero-order chi connectivity index (χ0) is 3.58. The summed E-state index contributed by atoms with van der Waals surface area (Å²) in [5.41, 5.74) is 0. The van der Waals surface area contributed by atoms with Crippen molar-refractivity contribution in [3.05, 3.63) is 0 Å². The zero-order valence-electron chi connectivity index (χ0n) is 3.14. The molecule has 2 radical (unpaired) electrons. The molecule has 0 amide bonds. The molecule has 0 aromatic rings. The normalized spacial score (nSPS) is 4.00. The molecule has 0 N–H and O–H groups in total. The van der Waals surface area contributed by atoms with Gasteiger partial charge in [-0.3, -0.25) is 0 Å². The van der Waals surface area contributed by atoms with Gasteiger partial charge in [-0.2, -0.15) is 0 Å². The second-order valence-electron chi connectivity index (χ2n) is 0.250. The third-order valence-electron chi connectivity index (χ3n) is 0. The first kappa shape index (κ1) is 15.7. The van der Waals surface area contributed by atoms with Crippen LogP contribution in [0.15, 0.2) is 0 Å². The third-order valence-corrected chi connectivity index (χ3v) is 0. The minimum absolute atomic E-state index is 0. The molecule has 30 valence electrons. The Morgan fingerprint density at radius 1 is 1.33 bits per heavy atom. The fraction of sp³-hybridized carbons (Fsp3) is 0. The topological polar surface area (TPSA) is 63.2 Å². The molecule has 6 heavy (non-hydrogen) atoms. The number of hydrogen-bond acceptors (Lipinski definition) is 3. The maximum atomic E-state index is 8.33. The number of hydrogen-bond donors (Lipinski definition) is 0. The van der Waals surface area contributed by atoms with Crippen LogP contribution in [0.2, 0.25) is 0 Å². The third kappa shape index (κ3) is 69.7. The van der Waals surface area contributed by atoms with E-state index < -0.39 is 6.16 Å². The molecule has 0 aromatic heterocycles. The van der Waals surface area contributed by atoms with Crippen LogP contribution in [-0.4, -0.2) is 33.5 Å². The summed E-state index contributed by atoms with van der Waals surface area (Å²) in [6, 6.07) is 0. The van der Waals surface area contributed by atoms with Gasteiger partial charge in [0.05, 0.1) is 0 Å². The monoisotopic (exact) mass is 384 g/mol. The van der Waals surface area contributed by atoms with E-state index in [9.17, 15) is 0 Å². The molecule has 5 heteroatoms. The van der Waals surface area contributed by atoms with Gasteiger partial charge in [0.25, 0.3) is 0 Å². The van der Waals surface area contributed by atoms with E-state index in [-0.39, 0.29) is 54.6 Å². The van der Waals surface area contributed by atoms with E-state index in [1.54, 1.807) is 0 Å². The van der Waals surface area contributed by atoms with Crippen LogP contribution in [0.3, 0.4) is 0 Å². The van der Waals surface area contributed by atoms with Crippen molar-refractivity contribution in [2.24, 2.45) is 0 Å². The average molecular weight is 382 g/mol. The van der Waals surface area contributed by atoms with Crippen molar-refractivity contribution >= 4 is 33.5 Å². The Balaban J connectivity index is -0.0000000450. The fourth-order valence-electron chi connectivity index (χ4n) is 0. The van der Waals surface area contributed by atoms with Crippen molar-refractivity contribution in [1.29, 1.82) is 0 Å². The van der Waals surface area contributed by atoms with Crippen LogP contribution in [0.4, 0.5) is 4.79 Å². The Hall–Kier alpha value is 1.11. The molecule has 0 rings (SSSR count). The molecular weight excluding hydrogens is 380 g/mol. The predicted molar refractivity (Wildman–Crippen MR) is 13.9 cm³/mol. The molecule has 0 unspecified atom stereocenters. The molecule has 0 saturated carbocycles. The Bertz CT molecular complexity index is 33.8. The molecule has 0 aromatic carbocycles. The van der Waals surface area contributed by atoms with Gasteiger partial charge < -0.3 is 15.0 Å². The Morgan fingerprint density at radius 2 is 1.33 bits per heavy atom. The van der Waals surface area contributed by atoms with E-state index in [0.29, 0.717) is 0 Å². The van der Waals surface area contributed by atoms with Crippen molar-refractivity contribution in [3.8, 4) is 0 Å². The maximum absolute atomic E-state index is 8.33. The van der Waals surface area contributed by atoms with Gasteiger partial charge in [-0.15, -0.1) is 0 Å². The van der Waals surface area contributed by atoms with E-state index in [1.165, 1.54) is 0 Å². The molecule has 0 atom stereocenters. The molecular formula is CH2CdO3Pb. The average Bonchev–Trinajstić information content (AvgIpc) is 0.811. The summed E-state index contributed by atoms with van der Waals surface area (Å²) < 4.78 is 0. The van der Waals surface area contributed by atoms with Crippen molar-refractivity contribution < 1.29 is 42.3 Å². The summed E-state index contributed by atoms with van der Waals surface area (Å²) in [4.78, 5) is 8.33. The minimum atomic E-state index is -2.33. The van der Waals surface area contributed by atoms with Crippen LogP contribution in [0.1, 0.15) is 0 Å². The summed E-state index contributed by atoms with van der Waals surface area (Å²) in [6.45, 7) is 0. The summed E-state index contributed by atoms with van der Waals surface area (Å²) in [7, 11) is 0. The number of carbonyl (C=O) groups excluding carboxylic acids is 1. The van der Waals surface area contributed by atoms with Crippen LogP contribution in [0, 0.1) is 0 Å². The second-order valence-corrected chi connectivity index (χ2v) is 0.250. The molecule has 0 aliphatic heterocycles. The first-order valence-corrected chi connectivity index (χ1v) is 0.612. The van der Waals surface area contributed by atoms with Gasteiger partial charge in [0.2, 0.25) is 0 Å². The Labute approximate surface area is 75.1 Å². The first-order valence-electron chi connectivity index (χ1n) is 0.612. The van der Waals surface area contributed by atoms with Gasteiger partial charge in [0, 0.05) is 0 Å². The molecule has 0 spiro atoms. The summed E-state index contributed by atoms with van der Waals surface area (Å²) >= 11 is 0.